The number of imidazole rings is 2. The largest absolute Gasteiger partial charge is 0.396 e. The van der Waals surface area contributed by atoms with Crippen molar-refractivity contribution in [3.63, 3.8) is 0 Å². The number of aliphatic hydroxyl groups excluding tert-OH is 1. The number of aliphatic hydroxyl groups is 1. The first kappa shape index (κ1) is 38.8. The number of rotatable bonds is 14. The maximum Gasteiger partial charge on any atom is 0.253 e. The van der Waals surface area contributed by atoms with Crippen LogP contribution < -0.4 is 21.3 Å². The average molecular weight is 818 g/mol. The quantitative estimate of drug-likeness (QED) is 0.0694. The lowest BCUT2D eigenvalue weighted by Gasteiger charge is -2.09. The van der Waals surface area contributed by atoms with Crippen LogP contribution in [0.2, 0.25) is 10.0 Å². The second-order valence-electron chi connectivity index (χ2n) is 14.3. The van der Waals surface area contributed by atoms with Crippen molar-refractivity contribution in [3.8, 4) is 22.5 Å². The van der Waals surface area contributed by atoms with E-state index in [-0.39, 0.29) is 24.5 Å². The predicted octanol–water partition coefficient (Wildman–Crippen LogP) is 7.68. The van der Waals surface area contributed by atoms with Gasteiger partial charge in [-0.2, -0.15) is 0 Å². The maximum atomic E-state index is 12.3. The smallest absolute Gasteiger partial charge is 0.253 e. The first-order valence-corrected chi connectivity index (χ1v) is 20.1. The number of unbranched alkanes of at least 4 members (excludes halogenated alkanes) is 1. The standard InChI is InChI=1S/C23H20ClN5O.C20H22ClN5O2/c24-19-12-16(6-9-18(19)23(30)28-17-7-8-17)20-14-27-22-21(25-10-11-29(20)22)26-13-15-4-2-1-3-5-15;21-16-11-13(3-6-15(16)20(28)25-14-4-5-14)17-12-24-19-18(22-7-1-2-10-27)23-8-9-26(17)19/h1-6,9-12,14,17H,7-8,13H2,(H,25,26)(H,28,30);3,6,8-9,11-12,14,27H,1-2,4-5,7,10H2,(H,22,23)(H,25,28). The van der Waals surface area contributed by atoms with Crippen LogP contribution >= 0.6 is 23.2 Å². The van der Waals surface area contributed by atoms with Gasteiger partial charge in [0.05, 0.1) is 45.0 Å². The van der Waals surface area contributed by atoms with Gasteiger partial charge < -0.3 is 26.4 Å². The molecule has 7 aromatic rings. The Morgan fingerprint density at radius 1 is 0.672 bits per heavy atom. The number of aromatic nitrogens is 6. The van der Waals surface area contributed by atoms with Gasteiger partial charge in [-0.1, -0.05) is 65.7 Å². The third kappa shape index (κ3) is 9.07. The molecule has 2 fully saturated rings. The molecule has 5 N–H and O–H groups in total. The van der Waals surface area contributed by atoms with E-state index in [1.54, 1.807) is 43.0 Å². The minimum Gasteiger partial charge on any atom is -0.396 e. The number of nitrogens with zero attached hydrogens (tertiary/aromatic N) is 6. The topological polar surface area (TPSA) is 163 Å². The molecular formula is C43H42Cl2N10O3. The molecule has 0 spiro atoms. The van der Waals surface area contributed by atoms with Crippen molar-refractivity contribution in [3.05, 3.63) is 131 Å². The van der Waals surface area contributed by atoms with Gasteiger partial charge in [-0.05, 0) is 68.4 Å². The molecule has 0 bridgehead atoms. The van der Waals surface area contributed by atoms with Crippen LogP contribution in [0.1, 0.15) is 64.8 Å². The Balaban J connectivity index is 0.000000162. The summed E-state index contributed by atoms with van der Waals surface area (Å²) in [5, 5.41) is 22.3. The van der Waals surface area contributed by atoms with Crippen LogP contribution in [-0.4, -0.2) is 70.9 Å². The predicted molar refractivity (Wildman–Crippen MR) is 226 cm³/mol. The van der Waals surface area contributed by atoms with Gasteiger partial charge in [0.1, 0.15) is 0 Å². The summed E-state index contributed by atoms with van der Waals surface area (Å²) >= 11 is 12.8. The Bertz CT molecular complexity index is 2570. The van der Waals surface area contributed by atoms with E-state index < -0.39 is 0 Å². The van der Waals surface area contributed by atoms with E-state index in [0.29, 0.717) is 57.6 Å². The van der Waals surface area contributed by atoms with E-state index >= 15 is 0 Å². The molecule has 4 heterocycles. The molecule has 0 saturated heterocycles. The number of hydrogen-bond acceptors (Lipinski definition) is 9. The monoisotopic (exact) mass is 816 g/mol. The number of halogens is 2. The zero-order valence-corrected chi connectivity index (χ0v) is 33.0. The van der Waals surface area contributed by atoms with Gasteiger partial charge in [-0.15, -0.1) is 0 Å². The van der Waals surface area contributed by atoms with Gasteiger partial charge in [0.15, 0.2) is 22.9 Å². The molecule has 4 aromatic heterocycles. The molecule has 0 atom stereocenters. The number of carbonyl (C=O) groups excluding carboxylic acids is 2. The number of nitrogens with one attached hydrogen (secondary N) is 4. The molecule has 13 nitrogen and oxygen atoms in total. The normalized spacial score (nSPS) is 13.5. The number of hydrogen-bond donors (Lipinski definition) is 5. The van der Waals surface area contributed by atoms with Crippen molar-refractivity contribution < 1.29 is 14.7 Å². The van der Waals surface area contributed by atoms with Gasteiger partial charge >= 0.3 is 0 Å². The maximum absolute atomic E-state index is 12.3. The zero-order chi connectivity index (χ0) is 40.0. The second-order valence-corrected chi connectivity index (χ2v) is 15.1. The van der Waals surface area contributed by atoms with Crippen LogP contribution in [0.5, 0.6) is 0 Å². The molecule has 2 aliphatic carbocycles. The fourth-order valence-electron chi connectivity index (χ4n) is 6.44. The Morgan fingerprint density at radius 2 is 1.19 bits per heavy atom. The lowest BCUT2D eigenvalue weighted by molar-refractivity contribution is 0.0942. The molecule has 296 valence electrons. The Kier molecular flexibility index (Phi) is 11.8. The summed E-state index contributed by atoms with van der Waals surface area (Å²) in [6.07, 6.45) is 16.5. The third-order valence-corrected chi connectivity index (χ3v) is 10.5. The zero-order valence-electron chi connectivity index (χ0n) is 31.5. The van der Waals surface area contributed by atoms with Crippen molar-refractivity contribution in [2.75, 3.05) is 23.8 Å². The molecule has 0 radical (unpaired) electrons. The Labute approximate surface area is 344 Å². The van der Waals surface area contributed by atoms with Crippen molar-refractivity contribution >= 4 is 57.9 Å². The van der Waals surface area contributed by atoms with Crippen molar-refractivity contribution in [2.45, 2.75) is 57.2 Å². The number of benzene rings is 3. The van der Waals surface area contributed by atoms with E-state index in [2.05, 4.69) is 53.3 Å². The number of fused-ring (bicyclic) bond motifs is 2. The summed E-state index contributed by atoms with van der Waals surface area (Å²) < 4.78 is 3.91. The second kappa shape index (κ2) is 17.6. The molecule has 0 aliphatic heterocycles. The van der Waals surface area contributed by atoms with Gasteiger partial charge in [0.2, 0.25) is 0 Å². The first-order chi connectivity index (χ1) is 28.4. The summed E-state index contributed by atoms with van der Waals surface area (Å²) in [7, 11) is 0. The first-order valence-electron chi connectivity index (χ1n) is 19.3. The Morgan fingerprint density at radius 3 is 1.67 bits per heavy atom. The van der Waals surface area contributed by atoms with Gasteiger partial charge in [0, 0.05) is 67.7 Å². The van der Waals surface area contributed by atoms with E-state index in [0.717, 1.165) is 66.7 Å². The molecule has 3 aromatic carbocycles. The van der Waals surface area contributed by atoms with E-state index in [4.69, 9.17) is 28.3 Å². The highest BCUT2D eigenvalue weighted by molar-refractivity contribution is 6.34. The number of amides is 2. The molecule has 15 heteroatoms. The minimum absolute atomic E-state index is 0.121. The molecule has 2 saturated carbocycles. The average Bonchev–Trinajstić information content (AvgIpc) is 4.15. The molecular weight excluding hydrogens is 775 g/mol. The third-order valence-electron chi connectivity index (χ3n) is 9.88. The van der Waals surface area contributed by atoms with E-state index in [9.17, 15) is 9.59 Å². The van der Waals surface area contributed by atoms with Gasteiger partial charge in [-0.3, -0.25) is 18.4 Å². The summed E-state index contributed by atoms with van der Waals surface area (Å²) in [4.78, 5) is 42.5. The lowest BCUT2D eigenvalue weighted by atomic mass is 10.1. The highest BCUT2D eigenvalue weighted by atomic mass is 35.5. The van der Waals surface area contributed by atoms with Crippen molar-refractivity contribution in [1.82, 2.24) is 39.4 Å². The molecule has 2 aliphatic rings. The minimum atomic E-state index is -0.129. The van der Waals surface area contributed by atoms with Crippen LogP contribution in [0.15, 0.2) is 104 Å². The fourth-order valence-corrected chi connectivity index (χ4v) is 6.97. The lowest BCUT2D eigenvalue weighted by Crippen LogP contribution is -2.25. The number of carbonyl (C=O) groups is 2. The van der Waals surface area contributed by atoms with Crippen LogP contribution in [0, 0.1) is 0 Å². The van der Waals surface area contributed by atoms with Crippen LogP contribution in [-0.2, 0) is 6.54 Å². The van der Waals surface area contributed by atoms with Crippen LogP contribution in [0.4, 0.5) is 11.6 Å². The number of anilines is 2. The highest BCUT2D eigenvalue weighted by Crippen LogP contribution is 2.30. The summed E-state index contributed by atoms with van der Waals surface area (Å²) in [5.74, 6) is 1.15. The Hall–Kier alpha value is -6.02. The SMILES string of the molecule is O=C(NC1CC1)c1ccc(-c2cnc3c(NCCCCO)nccn23)cc1Cl.O=C(NC1CC1)c1ccc(-c2cnc3c(NCc4ccccc4)nccn23)cc1Cl. The molecule has 9 rings (SSSR count). The van der Waals surface area contributed by atoms with Crippen molar-refractivity contribution in [2.24, 2.45) is 0 Å². The molecule has 58 heavy (non-hydrogen) atoms. The summed E-state index contributed by atoms with van der Waals surface area (Å²) in [6.45, 7) is 1.56. The molecule has 0 unspecified atom stereocenters. The van der Waals surface area contributed by atoms with Gasteiger partial charge in [-0.25, -0.2) is 19.9 Å². The van der Waals surface area contributed by atoms with Crippen molar-refractivity contribution in [1.29, 1.82) is 0 Å². The molecule has 2 amide bonds. The summed E-state index contributed by atoms with van der Waals surface area (Å²) in [6, 6.07) is 21.6. The highest BCUT2D eigenvalue weighted by Gasteiger charge is 2.26. The van der Waals surface area contributed by atoms with E-state index in [1.807, 2.05) is 57.6 Å². The fraction of sp³-hybridized carbons (Fsp3) is 0.256. The van der Waals surface area contributed by atoms with Gasteiger partial charge in [0.25, 0.3) is 11.8 Å². The van der Waals surface area contributed by atoms with Crippen LogP contribution in [0.25, 0.3) is 33.8 Å². The van der Waals surface area contributed by atoms with Crippen LogP contribution in [0.3, 0.4) is 0 Å². The summed E-state index contributed by atoms with van der Waals surface area (Å²) in [5.41, 5.74) is 7.10. The van der Waals surface area contributed by atoms with E-state index in [1.165, 1.54) is 5.56 Å².